The van der Waals surface area contributed by atoms with Gasteiger partial charge in [0, 0.05) is 18.5 Å². The van der Waals surface area contributed by atoms with Crippen LogP contribution in [0.5, 0.6) is 0 Å². The molecule has 3 rings (SSSR count). The minimum absolute atomic E-state index is 0.233. The number of hydrogen-bond acceptors (Lipinski definition) is 4. The zero-order valence-electron chi connectivity index (χ0n) is 26.2. The van der Waals surface area contributed by atoms with Crippen molar-refractivity contribution in [3.05, 3.63) is 107 Å². The number of ether oxygens (including phenoxy) is 1. The second-order valence-corrected chi connectivity index (χ2v) is 12.7. The number of nitrogens with one attached hydrogen (secondary N) is 2. The number of carbonyl (C=O) groups excluding carboxylic acids is 3. The Labute approximate surface area is 250 Å². The molecule has 0 spiro atoms. The van der Waals surface area contributed by atoms with Crippen LogP contribution in [0.25, 0.3) is 0 Å². The van der Waals surface area contributed by atoms with Gasteiger partial charge in [-0.2, -0.15) is 0 Å². The lowest BCUT2D eigenvalue weighted by Gasteiger charge is -2.43. The zero-order valence-corrected chi connectivity index (χ0v) is 26.2. The molecule has 224 valence electrons. The summed E-state index contributed by atoms with van der Waals surface area (Å²) in [5, 5.41) is 5.89. The highest BCUT2D eigenvalue weighted by Crippen LogP contribution is 2.33. The van der Waals surface area contributed by atoms with E-state index in [1.54, 1.807) is 25.7 Å². The van der Waals surface area contributed by atoms with Gasteiger partial charge in [-0.05, 0) is 77.6 Å². The lowest BCUT2D eigenvalue weighted by Crippen LogP contribution is -2.59. The first-order valence-corrected chi connectivity index (χ1v) is 14.4. The summed E-state index contributed by atoms with van der Waals surface area (Å²) in [5.41, 5.74) is 2.90. The van der Waals surface area contributed by atoms with Gasteiger partial charge in [-0.15, -0.1) is 0 Å². The molecule has 0 bridgehead atoms. The van der Waals surface area contributed by atoms with Crippen LogP contribution in [-0.4, -0.2) is 40.0 Å². The van der Waals surface area contributed by atoms with Crippen LogP contribution in [0.15, 0.2) is 78.9 Å². The van der Waals surface area contributed by atoms with Gasteiger partial charge in [0.15, 0.2) is 0 Å². The summed E-state index contributed by atoms with van der Waals surface area (Å²) in [6.45, 7) is 15.3. The highest BCUT2D eigenvalue weighted by Gasteiger charge is 2.42. The molecule has 0 radical (unpaired) electrons. The predicted molar refractivity (Wildman–Crippen MR) is 167 cm³/mol. The first kappa shape index (κ1) is 32.4. The van der Waals surface area contributed by atoms with Gasteiger partial charge in [-0.3, -0.25) is 9.59 Å². The maximum Gasteiger partial charge on any atom is 0.408 e. The third-order valence-corrected chi connectivity index (χ3v) is 6.78. The van der Waals surface area contributed by atoms with Gasteiger partial charge in [0.25, 0.3) is 0 Å². The summed E-state index contributed by atoms with van der Waals surface area (Å²) in [5.74, 6) is -0.676. The van der Waals surface area contributed by atoms with Crippen LogP contribution in [0, 0.1) is 13.8 Å². The smallest absolute Gasteiger partial charge is 0.408 e. The number of rotatable bonds is 9. The topological polar surface area (TPSA) is 87.7 Å². The molecule has 3 aromatic rings. The van der Waals surface area contributed by atoms with Gasteiger partial charge in [0.2, 0.25) is 11.8 Å². The lowest BCUT2D eigenvalue weighted by molar-refractivity contribution is -0.148. The van der Waals surface area contributed by atoms with Crippen molar-refractivity contribution >= 4 is 17.9 Å². The predicted octanol–water partition coefficient (Wildman–Crippen LogP) is 6.42. The van der Waals surface area contributed by atoms with E-state index in [0.29, 0.717) is 6.54 Å². The van der Waals surface area contributed by atoms with Crippen LogP contribution in [0.1, 0.15) is 75.4 Å². The number of nitrogens with zero attached hydrogens (tertiary/aromatic N) is 1. The van der Waals surface area contributed by atoms with Crippen LogP contribution >= 0.6 is 0 Å². The van der Waals surface area contributed by atoms with Crippen molar-refractivity contribution in [2.24, 2.45) is 0 Å². The molecular formula is C35H45N3O4. The maximum atomic E-state index is 14.7. The fourth-order valence-corrected chi connectivity index (χ4v) is 4.85. The normalized spacial score (nSPS) is 13.0. The Morgan fingerprint density at radius 3 is 1.93 bits per heavy atom. The number of hydrogen-bond donors (Lipinski definition) is 2. The van der Waals surface area contributed by atoms with Crippen molar-refractivity contribution in [1.82, 2.24) is 15.5 Å². The Morgan fingerprint density at radius 2 is 1.38 bits per heavy atom. The van der Waals surface area contributed by atoms with Crippen molar-refractivity contribution in [1.29, 1.82) is 0 Å². The standard InChI is InChI=1S/C35H45N3O4/c1-24-19-20-25(2)28(21-24)30(31(39)36-23-27-17-13-10-14-18-27)38(34(3,4)5)32(40)29(22-26-15-11-9-12-16-26)37-33(41)42-35(6,7)8/h9-21,29-30H,22-23H2,1-8H3,(H,36,39)(H,37,41). The second-order valence-electron chi connectivity index (χ2n) is 12.7. The van der Waals surface area contributed by atoms with Crippen LogP contribution < -0.4 is 10.6 Å². The van der Waals surface area contributed by atoms with Crippen LogP contribution in [0.3, 0.4) is 0 Å². The fraction of sp³-hybridized carbons (Fsp3) is 0.400. The molecule has 3 aromatic carbocycles. The summed E-state index contributed by atoms with van der Waals surface area (Å²) in [4.78, 5) is 43.4. The molecule has 2 atom stereocenters. The minimum atomic E-state index is -0.976. The lowest BCUT2D eigenvalue weighted by atomic mass is 9.91. The summed E-state index contributed by atoms with van der Waals surface area (Å²) in [7, 11) is 0. The van der Waals surface area contributed by atoms with Crippen molar-refractivity contribution in [2.45, 2.75) is 91.6 Å². The van der Waals surface area contributed by atoms with E-state index in [0.717, 1.165) is 27.8 Å². The summed E-state index contributed by atoms with van der Waals surface area (Å²) in [6.07, 6.45) is -0.459. The molecule has 7 heteroatoms. The van der Waals surface area contributed by atoms with E-state index >= 15 is 0 Å². The van der Waals surface area contributed by atoms with Crippen molar-refractivity contribution in [3.63, 3.8) is 0 Å². The van der Waals surface area contributed by atoms with E-state index in [4.69, 9.17) is 4.74 Å². The largest absolute Gasteiger partial charge is 0.444 e. The Morgan fingerprint density at radius 1 is 0.810 bits per heavy atom. The number of alkyl carbamates (subject to hydrolysis) is 1. The third kappa shape index (κ3) is 9.20. The molecule has 0 heterocycles. The van der Waals surface area contributed by atoms with Crippen LogP contribution in [-0.2, 0) is 27.3 Å². The van der Waals surface area contributed by atoms with E-state index < -0.39 is 29.3 Å². The number of amides is 3. The Balaban J connectivity index is 2.09. The fourth-order valence-electron chi connectivity index (χ4n) is 4.85. The van der Waals surface area contributed by atoms with Gasteiger partial charge in [-0.1, -0.05) is 84.4 Å². The number of aryl methyl sites for hydroxylation is 2. The van der Waals surface area contributed by atoms with Gasteiger partial charge < -0.3 is 20.3 Å². The third-order valence-electron chi connectivity index (χ3n) is 6.78. The Kier molecular flexibility index (Phi) is 10.6. The quantitative estimate of drug-likeness (QED) is 0.310. The molecule has 42 heavy (non-hydrogen) atoms. The molecule has 2 unspecified atom stereocenters. The SMILES string of the molecule is Cc1ccc(C)c(C(C(=O)NCc2ccccc2)N(C(=O)C(Cc2ccccc2)NC(=O)OC(C)(C)C)C(C)(C)C)c1. The first-order valence-electron chi connectivity index (χ1n) is 14.4. The van der Waals surface area contributed by atoms with Crippen molar-refractivity contribution in [3.8, 4) is 0 Å². The van der Waals surface area contributed by atoms with Crippen LogP contribution in [0.2, 0.25) is 0 Å². The molecule has 0 saturated heterocycles. The van der Waals surface area contributed by atoms with Crippen molar-refractivity contribution in [2.75, 3.05) is 0 Å². The van der Waals surface area contributed by atoms with E-state index in [9.17, 15) is 14.4 Å². The molecule has 7 nitrogen and oxygen atoms in total. The maximum absolute atomic E-state index is 14.7. The van der Waals surface area contributed by atoms with E-state index in [1.807, 2.05) is 113 Å². The van der Waals surface area contributed by atoms with Gasteiger partial charge in [-0.25, -0.2) is 4.79 Å². The second kappa shape index (κ2) is 13.7. The number of benzene rings is 3. The van der Waals surface area contributed by atoms with Gasteiger partial charge in [0.1, 0.15) is 17.7 Å². The molecule has 0 fully saturated rings. The van der Waals surface area contributed by atoms with Crippen LogP contribution in [0.4, 0.5) is 4.79 Å². The molecule has 2 N–H and O–H groups in total. The van der Waals surface area contributed by atoms with E-state index in [2.05, 4.69) is 10.6 Å². The molecule has 3 amide bonds. The monoisotopic (exact) mass is 571 g/mol. The molecule has 0 saturated carbocycles. The minimum Gasteiger partial charge on any atom is -0.444 e. The highest BCUT2D eigenvalue weighted by molar-refractivity contribution is 5.93. The van der Waals surface area contributed by atoms with Crippen molar-refractivity contribution < 1.29 is 19.1 Å². The van der Waals surface area contributed by atoms with Gasteiger partial charge in [0.05, 0.1) is 0 Å². The first-order chi connectivity index (χ1) is 19.7. The molecule has 0 aromatic heterocycles. The van der Waals surface area contributed by atoms with E-state index in [-0.39, 0.29) is 18.2 Å². The zero-order chi connectivity index (χ0) is 31.1. The average molecular weight is 572 g/mol. The summed E-state index contributed by atoms with van der Waals surface area (Å²) in [6, 6.07) is 23.2. The Bertz CT molecular complexity index is 1360. The average Bonchev–Trinajstić information content (AvgIpc) is 2.90. The molecule has 0 aliphatic heterocycles. The Hall–Kier alpha value is -4.13. The summed E-state index contributed by atoms with van der Waals surface area (Å²) >= 11 is 0. The highest BCUT2D eigenvalue weighted by atomic mass is 16.6. The molecule has 0 aliphatic carbocycles. The molecule has 0 aliphatic rings. The van der Waals surface area contributed by atoms with Gasteiger partial charge >= 0.3 is 6.09 Å². The summed E-state index contributed by atoms with van der Waals surface area (Å²) < 4.78 is 5.54. The van der Waals surface area contributed by atoms with E-state index in [1.165, 1.54) is 0 Å². The molecular weight excluding hydrogens is 526 g/mol. The number of carbonyl (C=O) groups is 3.